The van der Waals surface area contributed by atoms with Crippen LogP contribution in [0.4, 0.5) is 0 Å². The summed E-state index contributed by atoms with van der Waals surface area (Å²) < 4.78 is 5.45. The van der Waals surface area contributed by atoms with Crippen molar-refractivity contribution < 1.29 is 14.3 Å². The molecule has 0 radical (unpaired) electrons. The number of rotatable bonds is 8. The highest BCUT2D eigenvalue weighted by molar-refractivity contribution is 7.14. The number of esters is 1. The number of amides is 1. The highest BCUT2D eigenvalue weighted by Crippen LogP contribution is 2.32. The van der Waals surface area contributed by atoms with Gasteiger partial charge in [-0.2, -0.15) is 0 Å². The first-order valence-electron chi connectivity index (χ1n) is 11.2. The van der Waals surface area contributed by atoms with Crippen molar-refractivity contribution in [1.82, 2.24) is 4.90 Å². The molecule has 0 saturated heterocycles. The molecule has 0 fully saturated rings. The summed E-state index contributed by atoms with van der Waals surface area (Å²) in [6.45, 7) is 3.07. The smallest absolute Gasteiger partial charge is 0.348 e. The first-order valence-corrected chi connectivity index (χ1v) is 12.0. The van der Waals surface area contributed by atoms with Crippen LogP contribution in [0.25, 0.3) is 0 Å². The van der Waals surface area contributed by atoms with Crippen molar-refractivity contribution in [2.45, 2.75) is 39.2 Å². The van der Waals surface area contributed by atoms with Crippen molar-refractivity contribution >= 4 is 23.2 Å². The number of ether oxygens (including phenoxy) is 1. The van der Waals surface area contributed by atoms with Gasteiger partial charge in [-0.25, -0.2) is 4.79 Å². The van der Waals surface area contributed by atoms with E-state index in [9.17, 15) is 9.59 Å². The topological polar surface area (TPSA) is 46.6 Å². The van der Waals surface area contributed by atoms with Crippen LogP contribution in [0.2, 0.25) is 0 Å². The molecule has 4 rings (SSSR count). The second-order valence-corrected chi connectivity index (χ2v) is 9.66. The lowest BCUT2D eigenvalue weighted by Gasteiger charge is -2.23. The fourth-order valence-electron chi connectivity index (χ4n) is 4.10. The summed E-state index contributed by atoms with van der Waals surface area (Å²) in [4.78, 5) is 29.3. The normalized spacial score (nSPS) is 15.1. The van der Waals surface area contributed by atoms with E-state index >= 15 is 0 Å². The van der Waals surface area contributed by atoms with Gasteiger partial charge < -0.3 is 9.64 Å². The minimum absolute atomic E-state index is 0.173. The predicted octanol–water partition coefficient (Wildman–Crippen LogP) is 5.30. The average molecular weight is 448 g/mol. The summed E-state index contributed by atoms with van der Waals surface area (Å²) in [6.07, 6.45) is 3.96. The van der Waals surface area contributed by atoms with Crippen molar-refractivity contribution in [1.29, 1.82) is 0 Å². The Balaban J connectivity index is 1.38. The molecule has 1 amide bonds. The number of fused-ring (bicyclic) bond motifs is 1. The third-order valence-corrected chi connectivity index (χ3v) is 7.16. The first kappa shape index (κ1) is 22.3. The number of carbonyl (C=O) groups excluding carboxylic acids is 2. The quantitative estimate of drug-likeness (QED) is 0.440. The third-order valence-electron chi connectivity index (χ3n) is 5.94. The van der Waals surface area contributed by atoms with Gasteiger partial charge in [-0.1, -0.05) is 67.6 Å². The molecule has 1 aliphatic carbocycles. The van der Waals surface area contributed by atoms with Crippen LogP contribution in [-0.2, 0) is 35.3 Å². The molecule has 32 heavy (non-hydrogen) atoms. The molecule has 4 nitrogen and oxygen atoms in total. The minimum atomic E-state index is -0.395. The largest absolute Gasteiger partial charge is 0.451 e. The average Bonchev–Trinajstić information content (AvgIpc) is 3.24. The van der Waals surface area contributed by atoms with Gasteiger partial charge in [0.15, 0.2) is 6.61 Å². The van der Waals surface area contributed by atoms with E-state index in [0.29, 0.717) is 23.9 Å². The van der Waals surface area contributed by atoms with Crippen LogP contribution in [0.5, 0.6) is 0 Å². The van der Waals surface area contributed by atoms with E-state index in [1.54, 1.807) is 4.90 Å². The molecule has 1 aromatic heterocycles. The molecule has 0 aliphatic heterocycles. The van der Waals surface area contributed by atoms with Crippen LogP contribution in [-0.4, -0.2) is 29.9 Å². The van der Waals surface area contributed by atoms with Crippen molar-refractivity contribution in [2.75, 3.05) is 13.2 Å². The third kappa shape index (κ3) is 5.86. The maximum Gasteiger partial charge on any atom is 0.348 e. The molecule has 3 aromatic rings. The van der Waals surface area contributed by atoms with Crippen LogP contribution in [0.15, 0.2) is 66.7 Å². The molecule has 0 unspecified atom stereocenters. The summed E-state index contributed by atoms with van der Waals surface area (Å²) in [5, 5.41) is 0. The SMILES string of the molecule is C[C@@H]1CCc2sc(C(=O)OCC(=O)N(CCc3ccccc3)Cc3ccccc3)cc2C1. The molecule has 166 valence electrons. The van der Waals surface area contributed by atoms with Gasteiger partial charge in [0, 0.05) is 18.0 Å². The maximum atomic E-state index is 13.0. The van der Waals surface area contributed by atoms with E-state index < -0.39 is 5.97 Å². The molecule has 2 aromatic carbocycles. The Bertz CT molecular complexity index is 1050. The van der Waals surface area contributed by atoms with E-state index in [1.807, 2.05) is 54.6 Å². The number of carbonyl (C=O) groups is 2. The van der Waals surface area contributed by atoms with Crippen molar-refractivity contribution in [3.8, 4) is 0 Å². The summed E-state index contributed by atoms with van der Waals surface area (Å²) in [6, 6.07) is 22.0. The zero-order valence-electron chi connectivity index (χ0n) is 18.5. The van der Waals surface area contributed by atoms with Gasteiger partial charge in [-0.3, -0.25) is 4.79 Å². The van der Waals surface area contributed by atoms with Crippen LogP contribution in [0.1, 0.15) is 44.6 Å². The van der Waals surface area contributed by atoms with Gasteiger partial charge in [0.25, 0.3) is 5.91 Å². The van der Waals surface area contributed by atoms with Gasteiger partial charge in [0.2, 0.25) is 0 Å². The predicted molar refractivity (Wildman–Crippen MR) is 128 cm³/mol. The van der Waals surface area contributed by atoms with Gasteiger partial charge in [0.1, 0.15) is 4.88 Å². The zero-order chi connectivity index (χ0) is 22.3. The Morgan fingerprint density at radius 1 is 1.03 bits per heavy atom. The summed E-state index contributed by atoms with van der Waals surface area (Å²) >= 11 is 1.52. The summed E-state index contributed by atoms with van der Waals surface area (Å²) in [7, 11) is 0. The highest BCUT2D eigenvalue weighted by atomic mass is 32.1. The van der Waals surface area contributed by atoms with Crippen molar-refractivity contribution in [3.63, 3.8) is 0 Å². The maximum absolute atomic E-state index is 13.0. The molecular formula is C27H29NO3S. The molecule has 0 bridgehead atoms. The number of thiophene rings is 1. The van der Waals surface area contributed by atoms with Gasteiger partial charge in [0.05, 0.1) is 0 Å². The minimum Gasteiger partial charge on any atom is -0.451 e. The molecule has 1 atom stereocenters. The molecule has 1 aliphatic rings. The molecule has 5 heteroatoms. The Hall–Kier alpha value is -2.92. The number of nitrogens with zero attached hydrogens (tertiary/aromatic N) is 1. The lowest BCUT2D eigenvalue weighted by molar-refractivity contribution is -0.135. The number of hydrogen-bond donors (Lipinski definition) is 0. The monoisotopic (exact) mass is 447 g/mol. The van der Waals surface area contributed by atoms with Crippen LogP contribution < -0.4 is 0 Å². The number of aryl methyl sites for hydroxylation is 1. The van der Waals surface area contributed by atoms with Crippen LogP contribution in [0.3, 0.4) is 0 Å². The second kappa shape index (κ2) is 10.6. The summed E-state index contributed by atoms with van der Waals surface area (Å²) in [5.74, 6) is 0.0832. The second-order valence-electron chi connectivity index (χ2n) is 8.52. The zero-order valence-corrected chi connectivity index (χ0v) is 19.3. The Morgan fingerprint density at radius 2 is 1.72 bits per heavy atom. The summed E-state index contributed by atoms with van der Waals surface area (Å²) in [5.41, 5.74) is 3.50. The molecule has 0 saturated carbocycles. The van der Waals surface area contributed by atoms with Gasteiger partial charge in [-0.05, 0) is 54.4 Å². The lowest BCUT2D eigenvalue weighted by atomic mass is 9.90. The standard InChI is InChI=1S/C27H29NO3S/c1-20-12-13-24-23(16-20)17-25(32-24)27(30)31-19-26(29)28(18-22-10-6-3-7-11-22)15-14-21-8-4-2-5-9-21/h2-11,17,20H,12-16,18-19H2,1H3/t20-/m1/s1. The van der Waals surface area contributed by atoms with E-state index in [1.165, 1.54) is 27.3 Å². The van der Waals surface area contributed by atoms with Crippen LogP contribution in [0, 0.1) is 5.92 Å². The van der Waals surface area contributed by atoms with E-state index in [2.05, 4.69) is 19.1 Å². The highest BCUT2D eigenvalue weighted by Gasteiger charge is 2.23. The van der Waals surface area contributed by atoms with E-state index in [0.717, 1.165) is 31.2 Å². The Morgan fingerprint density at radius 3 is 2.44 bits per heavy atom. The molecule has 0 spiro atoms. The molecule has 0 N–H and O–H groups in total. The number of benzene rings is 2. The first-order chi connectivity index (χ1) is 15.6. The van der Waals surface area contributed by atoms with Gasteiger partial charge >= 0.3 is 5.97 Å². The fraction of sp³-hybridized carbons (Fsp3) is 0.333. The van der Waals surface area contributed by atoms with Crippen molar-refractivity contribution in [2.24, 2.45) is 5.92 Å². The van der Waals surface area contributed by atoms with Crippen LogP contribution >= 0.6 is 11.3 Å². The van der Waals surface area contributed by atoms with Gasteiger partial charge in [-0.15, -0.1) is 11.3 Å². The lowest BCUT2D eigenvalue weighted by Crippen LogP contribution is -2.35. The molecule has 1 heterocycles. The molecular weight excluding hydrogens is 418 g/mol. The number of hydrogen-bond acceptors (Lipinski definition) is 4. The van der Waals surface area contributed by atoms with E-state index in [4.69, 9.17) is 4.74 Å². The Labute approximate surface area is 193 Å². The Kier molecular flexibility index (Phi) is 7.38. The van der Waals surface area contributed by atoms with E-state index in [-0.39, 0.29) is 12.5 Å². The fourth-order valence-corrected chi connectivity index (χ4v) is 5.20. The van der Waals surface area contributed by atoms with Crippen molar-refractivity contribution in [3.05, 3.63) is 93.2 Å².